The third-order valence-electron chi connectivity index (χ3n) is 3.26. The van der Waals surface area contributed by atoms with Crippen LogP contribution in [0.15, 0.2) is 0 Å². The molecule has 4 nitrogen and oxygen atoms in total. The summed E-state index contributed by atoms with van der Waals surface area (Å²) < 4.78 is 2.15. The molecule has 0 unspecified atom stereocenters. The number of nitrogens with two attached hydrogens (primary N) is 1. The number of rotatable bonds is 4. The summed E-state index contributed by atoms with van der Waals surface area (Å²) in [7, 11) is 0. The Morgan fingerprint density at radius 3 is 2.73 bits per heavy atom. The minimum absolute atomic E-state index is 0.596. The lowest BCUT2D eigenvalue weighted by molar-refractivity contribution is 0.439. The molecule has 1 fully saturated rings. The van der Waals surface area contributed by atoms with Gasteiger partial charge >= 0.3 is 0 Å². The first-order chi connectivity index (χ1) is 7.36. The molecule has 0 bridgehead atoms. The van der Waals surface area contributed by atoms with Crippen LogP contribution in [0.3, 0.4) is 0 Å². The fourth-order valence-corrected chi connectivity index (χ4v) is 2.49. The van der Waals surface area contributed by atoms with Crippen LogP contribution in [0.25, 0.3) is 0 Å². The van der Waals surface area contributed by atoms with Crippen LogP contribution < -0.4 is 5.73 Å². The van der Waals surface area contributed by atoms with E-state index in [9.17, 15) is 0 Å². The van der Waals surface area contributed by atoms with E-state index in [4.69, 9.17) is 5.73 Å². The summed E-state index contributed by atoms with van der Waals surface area (Å²) >= 11 is 0. The predicted octanol–water partition coefficient (Wildman–Crippen LogP) is 1.46. The van der Waals surface area contributed by atoms with Crippen LogP contribution in [0.1, 0.15) is 50.0 Å². The van der Waals surface area contributed by atoms with E-state index in [-0.39, 0.29) is 0 Å². The first-order valence-electron chi connectivity index (χ1n) is 5.99. The van der Waals surface area contributed by atoms with Gasteiger partial charge < -0.3 is 5.73 Å². The van der Waals surface area contributed by atoms with Gasteiger partial charge in [-0.1, -0.05) is 25.0 Å². The Labute approximate surface area is 90.8 Å². The van der Waals surface area contributed by atoms with E-state index in [0.717, 1.165) is 18.5 Å². The summed E-state index contributed by atoms with van der Waals surface area (Å²) in [5, 5.41) is 8.55. The maximum atomic E-state index is 5.57. The normalized spacial score (nSPS) is 17.5. The van der Waals surface area contributed by atoms with Crippen LogP contribution >= 0.6 is 0 Å². The summed E-state index contributed by atoms with van der Waals surface area (Å²) in [5.41, 5.74) is 7.97. The summed E-state index contributed by atoms with van der Waals surface area (Å²) in [6.45, 7) is 2.83. The van der Waals surface area contributed by atoms with E-state index in [2.05, 4.69) is 21.9 Å². The van der Waals surface area contributed by atoms with Gasteiger partial charge in [0.2, 0.25) is 0 Å². The van der Waals surface area contributed by atoms with Crippen LogP contribution in [0.4, 0.5) is 0 Å². The smallest absolute Gasteiger partial charge is 0.0871 e. The molecule has 1 aromatic heterocycles. The Bertz CT molecular complexity index is 312. The van der Waals surface area contributed by atoms with Crippen LogP contribution in [0.2, 0.25) is 0 Å². The van der Waals surface area contributed by atoms with Gasteiger partial charge in [-0.3, -0.25) is 0 Å². The van der Waals surface area contributed by atoms with Gasteiger partial charge in [0.05, 0.1) is 17.4 Å². The van der Waals surface area contributed by atoms with Crippen molar-refractivity contribution in [2.45, 2.75) is 51.5 Å². The average molecular weight is 208 g/mol. The van der Waals surface area contributed by atoms with Gasteiger partial charge in [0.15, 0.2) is 0 Å². The van der Waals surface area contributed by atoms with Crippen LogP contribution in [-0.2, 0) is 12.8 Å². The molecule has 4 heteroatoms. The third kappa shape index (κ3) is 2.04. The highest BCUT2D eigenvalue weighted by Gasteiger charge is 2.21. The van der Waals surface area contributed by atoms with Crippen molar-refractivity contribution in [2.24, 2.45) is 5.73 Å². The molecular weight excluding hydrogens is 188 g/mol. The summed E-state index contributed by atoms with van der Waals surface area (Å²) in [6.07, 6.45) is 7.06. The second kappa shape index (κ2) is 4.75. The van der Waals surface area contributed by atoms with Gasteiger partial charge in [-0.2, -0.15) is 0 Å². The molecule has 0 amide bonds. The second-order valence-corrected chi connectivity index (χ2v) is 4.26. The number of aromatic nitrogens is 3. The lowest BCUT2D eigenvalue weighted by Crippen LogP contribution is -2.11. The zero-order valence-electron chi connectivity index (χ0n) is 9.45. The molecule has 1 aliphatic rings. The quantitative estimate of drug-likeness (QED) is 0.815. The summed E-state index contributed by atoms with van der Waals surface area (Å²) in [4.78, 5) is 0. The molecule has 1 saturated carbocycles. The topological polar surface area (TPSA) is 56.7 Å². The molecular formula is C11H20N4. The van der Waals surface area contributed by atoms with Gasteiger partial charge in [0.25, 0.3) is 0 Å². The Balaban J connectivity index is 2.22. The molecule has 0 aliphatic heterocycles. The van der Waals surface area contributed by atoms with Gasteiger partial charge in [-0.25, -0.2) is 4.68 Å². The van der Waals surface area contributed by atoms with E-state index in [0.29, 0.717) is 12.6 Å². The molecule has 1 aliphatic carbocycles. The molecule has 1 heterocycles. The van der Waals surface area contributed by atoms with Gasteiger partial charge in [0, 0.05) is 6.42 Å². The van der Waals surface area contributed by atoms with Crippen molar-refractivity contribution < 1.29 is 0 Å². The largest absolute Gasteiger partial charge is 0.330 e. The lowest BCUT2D eigenvalue weighted by atomic mass is 10.2. The van der Waals surface area contributed by atoms with E-state index in [1.807, 2.05) is 0 Å². The summed E-state index contributed by atoms with van der Waals surface area (Å²) in [6, 6.07) is 0.596. The Morgan fingerprint density at radius 2 is 2.13 bits per heavy atom. The maximum absolute atomic E-state index is 5.57. The molecule has 15 heavy (non-hydrogen) atoms. The minimum atomic E-state index is 0.596. The highest BCUT2D eigenvalue weighted by molar-refractivity contribution is 5.11. The van der Waals surface area contributed by atoms with E-state index < -0.39 is 0 Å². The fraction of sp³-hybridized carbons (Fsp3) is 0.818. The van der Waals surface area contributed by atoms with Gasteiger partial charge in [0.1, 0.15) is 0 Å². The molecule has 0 radical (unpaired) electrons. The zero-order chi connectivity index (χ0) is 10.7. The Kier molecular flexibility index (Phi) is 3.36. The first-order valence-corrected chi connectivity index (χ1v) is 5.99. The Hall–Kier alpha value is -0.900. The van der Waals surface area contributed by atoms with Crippen molar-refractivity contribution in [2.75, 3.05) is 6.54 Å². The molecule has 0 saturated heterocycles. The highest BCUT2D eigenvalue weighted by atomic mass is 15.4. The lowest BCUT2D eigenvalue weighted by Gasteiger charge is -2.12. The molecule has 0 spiro atoms. The predicted molar refractivity (Wildman–Crippen MR) is 59.7 cm³/mol. The number of hydrogen-bond donors (Lipinski definition) is 1. The number of hydrogen-bond acceptors (Lipinski definition) is 3. The summed E-state index contributed by atoms with van der Waals surface area (Å²) in [5.74, 6) is 0. The molecule has 0 aromatic carbocycles. The van der Waals surface area contributed by atoms with Crippen LogP contribution in [0, 0.1) is 0 Å². The average Bonchev–Trinajstić information content (AvgIpc) is 2.85. The molecule has 2 N–H and O–H groups in total. The van der Waals surface area contributed by atoms with E-state index in [1.54, 1.807) is 0 Å². The van der Waals surface area contributed by atoms with Crippen molar-refractivity contribution in [3.05, 3.63) is 11.4 Å². The van der Waals surface area contributed by atoms with Crippen molar-refractivity contribution in [3.8, 4) is 0 Å². The first kappa shape index (κ1) is 10.6. The van der Waals surface area contributed by atoms with Gasteiger partial charge in [-0.15, -0.1) is 5.10 Å². The Morgan fingerprint density at radius 1 is 1.40 bits per heavy atom. The standard InChI is InChI=1S/C11H20N4/c1-2-11-10(7-8-12)13-14-15(11)9-5-3-4-6-9/h9H,2-8,12H2,1H3. The number of nitrogens with zero attached hydrogens (tertiary/aromatic N) is 3. The van der Waals surface area contributed by atoms with Crippen LogP contribution in [-0.4, -0.2) is 21.5 Å². The minimum Gasteiger partial charge on any atom is -0.330 e. The second-order valence-electron chi connectivity index (χ2n) is 4.26. The van der Waals surface area contributed by atoms with Crippen molar-refractivity contribution in [1.29, 1.82) is 0 Å². The zero-order valence-corrected chi connectivity index (χ0v) is 9.45. The van der Waals surface area contributed by atoms with Crippen molar-refractivity contribution in [1.82, 2.24) is 15.0 Å². The fourth-order valence-electron chi connectivity index (χ4n) is 2.49. The SMILES string of the molecule is CCc1c(CCN)nnn1C1CCCC1. The van der Waals surface area contributed by atoms with Crippen molar-refractivity contribution >= 4 is 0 Å². The van der Waals surface area contributed by atoms with Crippen molar-refractivity contribution in [3.63, 3.8) is 0 Å². The van der Waals surface area contributed by atoms with E-state index >= 15 is 0 Å². The third-order valence-corrected chi connectivity index (χ3v) is 3.26. The monoisotopic (exact) mass is 208 g/mol. The maximum Gasteiger partial charge on any atom is 0.0871 e. The molecule has 0 atom stereocenters. The molecule has 2 rings (SSSR count). The highest BCUT2D eigenvalue weighted by Crippen LogP contribution is 2.30. The van der Waals surface area contributed by atoms with Gasteiger partial charge in [-0.05, 0) is 25.8 Å². The van der Waals surface area contributed by atoms with Crippen LogP contribution in [0.5, 0.6) is 0 Å². The molecule has 84 valence electrons. The molecule has 1 aromatic rings. The van der Waals surface area contributed by atoms with E-state index in [1.165, 1.54) is 31.4 Å².